The summed E-state index contributed by atoms with van der Waals surface area (Å²) in [4.78, 5) is 39.2. The van der Waals surface area contributed by atoms with Gasteiger partial charge in [-0.15, -0.1) is 11.3 Å². The van der Waals surface area contributed by atoms with E-state index in [0.29, 0.717) is 34.6 Å². The van der Waals surface area contributed by atoms with Crippen LogP contribution in [0.5, 0.6) is 0 Å². The van der Waals surface area contributed by atoms with Gasteiger partial charge in [0, 0.05) is 25.3 Å². The molecule has 2 aromatic rings. The van der Waals surface area contributed by atoms with Crippen molar-refractivity contribution in [3.63, 3.8) is 0 Å². The van der Waals surface area contributed by atoms with Gasteiger partial charge in [-0.05, 0) is 35.7 Å². The molecule has 1 saturated heterocycles. The molecule has 1 atom stereocenters. The van der Waals surface area contributed by atoms with Gasteiger partial charge in [0.1, 0.15) is 18.5 Å². The van der Waals surface area contributed by atoms with Gasteiger partial charge in [-0.25, -0.2) is 4.39 Å². The third-order valence-electron chi connectivity index (χ3n) is 4.97. The Hall–Kier alpha value is -2.53. The highest BCUT2D eigenvalue weighted by molar-refractivity contribution is 7.18. The first-order chi connectivity index (χ1) is 16.0. The van der Waals surface area contributed by atoms with Gasteiger partial charge in [0.2, 0.25) is 5.91 Å². The van der Waals surface area contributed by atoms with Crippen LogP contribution in [0.2, 0.25) is 4.34 Å². The average molecular weight is 511 g/mol. The molecule has 0 saturated carbocycles. The molecular weight excluding hydrogens is 483 g/mol. The summed E-state index contributed by atoms with van der Waals surface area (Å²) in [6.45, 7) is 7.16. The van der Waals surface area contributed by atoms with Crippen molar-refractivity contribution in [2.45, 2.75) is 26.8 Å². The summed E-state index contributed by atoms with van der Waals surface area (Å²) in [5.74, 6) is -1.77. The van der Waals surface area contributed by atoms with Crippen LogP contribution >= 0.6 is 22.9 Å². The zero-order valence-electron chi connectivity index (χ0n) is 19.2. The molecule has 8 nitrogen and oxygen atoms in total. The number of carbonyl (C=O) groups is 3. The summed E-state index contributed by atoms with van der Waals surface area (Å²) in [7, 11) is 0. The van der Waals surface area contributed by atoms with Gasteiger partial charge in [-0.1, -0.05) is 32.4 Å². The second-order valence-corrected chi connectivity index (χ2v) is 10.8. The highest BCUT2D eigenvalue weighted by Gasteiger charge is 2.25. The van der Waals surface area contributed by atoms with E-state index in [4.69, 9.17) is 16.3 Å². The fraction of sp³-hybridized carbons (Fsp3) is 0.435. The quantitative estimate of drug-likeness (QED) is 0.506. The number of benzene rings is 1. The summed E-state index contributed by atoms with van der Waals surface area (Å²) >= 11 is 7.03. The van der Waals surface area contributed by atoms with E-state index in [1.807, 2.05) is 20.8 Å². The maximum absolute atomic E-state index is 14.8. The van der Waals surface area contributed by atoms with Crippen molar-refractivity contribution >= 4 is 52.0 Å². The number of hydrogen-bond acceptors (Lipinski definition) is 6. The Kier molecular flexibility index (Phi) is 8.64. The van der Waals surface area contributed by atoms with Crippen LogP contribution in [0.25, 0.3) is 0 Å². The van der Waals surface area contributed by atoms with Crippen molar-refractivity contribution in [2.75, 3.05) is 43.1 Å². The molecular formula is C23H28ClFN4O4S. The van der Waals surface area contributed by atoms with Crippen molar-refractivity contribution in [1.29, 1.82) is 0 Å². The van der Waals surface area contributed by atoms with Crippen LogP contribution in [0.15, 0.2) is 30.3 Å². The van der Waals surface area contributed by atoms with Crippen molar-refractivity contribution < 1.29 is 23.5 Å². The molecule has 0 unspecified atom stereocenters. The first kappa shape index (κ1) is 26.1. The topological polar surface area (TPSA) is 99.8 Å². The molecule has 34 heavy (non-hydrogen) atoms. The van der Waals surface area contributed by atoms with Crippen LogP contribution in [0.3, 0.4) is 0 Å². The molecule has 11 heteroatoms. The maximum Gasteiger partial charge on any atom is 0.261 e. The zero-order valence-corrected chi connectivity index (χ0v) is 20.8. The second kappa shape index (κ2) is 11.3. The minimum absolute atomic E-state index is 0.00174. The fourth-order valence-corrected chi connectivity index (χ4v) is 4.15. The van der Waals surface area contributed by atoms with Gasteiger partial charge in [-0.3, -0.25) is 14.4 Å². The summed E-state index contributed by atoms with van der Waals surface area (Å²) in [6, 6.07) is 6.62. The number of halogens is 2. The van der Waals surface area contributed by atoms with Gasteiger partial charge < -0.3 is 25.6 Å². The van der Waals surface area contributed by atoms with E-state index in [2.05, 4.69) is 16.0 Å². The number of carbonyl (C=O) groups excluding carboxylic acids is 3. The van der Waals surface area contributed by atoms with Gasteiger partial charge in [-0.2, -0.15) is 0 Å². The summed E-state index contributed by atoms with van der Waals surface area (Å²) < 4.78 is 20.4. The molecule has 0 spiro atoms. The molecule has 2 heterocycles. The number of thiophene rings is 1. The van der Waals surface area contributed by atoms with Crippen LogP contribution in [0, 0.1) is 11.2 Å². The van der Waals surface area contributed by atoms with Crippen molar-refractivity contribution in [3.05, 3.63) is 45.4 Å². The molecule has 0 radical (unpaired) electrons. The number of morpholine rings is 1. The normalized spacial score (nSPS) is 15.2. The van der Waals surface area contributed by atoms with E-state index < -0.39 is 17.8 Å². The minimum Gasteiger partial charge on any atom is -0.370 e. The van der Waals surface area contributed by atoms with Crippen LogP contribution in [-0.4, -0.2) is 56.6 Å². The van der Waals surface area contributed by atoms with Gasteiger partial charge in [0.05, 0.1) is 21.5 Å². The van der Waals surface area contributed by atoms with Crippen molar-refractivity contribution in [2.24, 2.45) is 5.41 Å². The molecule has 184 valence electrons. The van der Waals surface area contributed by atoms with Gasteiger partial charge >= 0.3 is 0 Å². The molecule has 1 aliphatic rings. The number of nitrogens with one attached hydrogen (secondary N) is 3. The molecule has 0 bridgehead atoms. The van der Waals surface area contributed by atoms with Crippen LogP contribution in [0.1, 0.15) is 30.4 Å². The highest BCUT2D eigenvalue weighted by Crippen LogP contribution is 2.24. The lowest BCUT2D eigenvalue weighted by Gasteiger charge is -2.27. The number of nitrogens with zero attached hydrogens (tertiary/aromatic N) is 1. The van der Waals surface area contributed by atoms with E-state index in [1.54, 1.807) is 18.2 Å². The van der Waals surface area contributed by atoms with Crippen LogP contribution < -0.4 is 20.9 Å². The Bertz CT molecular complexity index is 1060. The number of rotatable bonds is 8. The molecule has 3 amide bonds. The molecule has 0 aliphatic carbocycles. The summed E-state index contributed by atoms with van der Waals surface area (Å²) in [5, 5.41) is 8.45. The number of amides is 3. The van der Waals surface area contributed by atoms with Crippen molar-refractivity contribution in [3.8, 4) is 0 Å². The minimum atomic E-state index is -0.807. The first-order valence-corrected chi connectivity index (χ1v) is 12.0. The molecule has 1 aromatic heterocycles. The van der Waals surface area contributed by atoms with E-state index in [0.717, 1.165) is 11.3 Å². The number of hydrogen-bond donors (Lipinski definition) is 3. The van der Waals surface area contributed by atoms with Crippen LogP contribution in [-0.2, 0) is 14.3 Å². The van der Waals surface area contributed by atoms with Crippen LogP contribution in [0.4, 0.5) is 15.8 Å². The zero-order chi connectivity index (χ0) is 24.9. The Balaban J connectivity index is 1.68. The van der Waals surface area contributed by atoms with E-state index >= 15 is 0 Å². The molecule has 3 rings (SSSR count). The largest absolute Gasteiger partial charge is 0.370 e. The van der Waals surface area contributed by atoms with E-state index in [1.165, 1.54) is 17.0 Å². The maximum atomic E-state index is 14.8. The standard InChI is InChI=1S/C23H28ClFN4O4S/c1-23(2,3)13-27-17(11-26-22(32)18-6-7-19(24)34-18)21(31)28-16-5-4-14(10-15(16)25)29-8-9-33-12-20(29)30/h4-7,10,17,27H,8-9,11-13H2,1-3H3,(H,26,32)(H,28,31)/t17-/m1/s1. The highest BCUT2D eigenvalue weighted by atomic mass is 35.5. The fourth-order valence-electron chi connectivity index (χ4n) is 3.19. The van der Waals surface area contributed by atoms with E-state index in [-0.39, 0.29) is 36.1 Å². The van der Waals surface area contributed by atoms with Crippen molar-refractivity contribution in [1.82, 2.24) is 10.6 Å². The van der Waals surface area contributed by atoms with E-state index in [9.17, 15) is 18.8 Å². The molecule has 1 fully saturated rings. The van der Waals surface area contributed by atoms with Gasteiger partial charge in [0.15, 0.2) is 0 Å². The third-order valence-corrected chi connectivity index (χ3v) is 6.20. The molecule has 3 N–H and O–H groups in total. The lowest BCUT2D eigenvalue weighted by Crippen LogP contribution is -2.50. The Morgan fingerprint density at radius 1 is 1.26 bits per heavy atom. The predicted octanol–water partition coefficient (Wildman–Crippen LogP) is 3.28. The Morgan fingerprint density at radius 2 is 2.03 bits per heavy atom. The first-order valence-electron chi connectivity index (χ1n) is 10.8. The SMILES string of the molecule is CC(C)(C)CN[C@H](CNC(=O)c1ccc(Cl)s1)C(=O)Nc1ccc(N2CCOCC2=O)cc1F. The summed E-state index contributed by atoms with van der Waals surface area (Å²) in [6.07, 6.45) is 0. The lowest BCUT2D eigenvalue weighted by molar-refractivity contribution is -0.125. The lowest BCUT2D eigenvalue weighted by atomic mass is 9.96. The molecule has 1 aliphatic heterocycles. The third kappa shape index (κ3) is 7.23. The monoisotopic (exact) mass is 510 g/mol. The smallest absolute Gasteiger partial charge is 0.261 e. The number of ether oxygens (including phenoxy) is 1. The summed E-state index contributed by atoms with van der Waals surface area (Å²) in [5.41, 5.74) is 0.253. The predicted molar refractivity (Wildman–Crippen MR) is 131 cm³/mol. The Labute approximate surface area is 206 Å². The average Bonchev–Trinajstić information content (AvgIpc) is 3.21. The second-order valence-electron chi connectivity index (χ2n) is 9.06. The van der Waals surface area contributed by atoms with Gasteiger partial charge in [0.25, 0.3) is 11.8 Å². The number of anilines is 2. The Morgan fingerprint density at radius 3 is 2.65 bits per heavy atom. The molecule has 1 aromatic carbocycles.